The van der Waals surface area contributed by atoms with Crippen molar-refractivity contribution in [2.45, 2.75) is 37.9 Å². The van der Waals surface area contributed by atoms with Crippen LogP contribution in [0.25, 0.3) is 0 Å². The van der Waals surface area contributed by atoms with Gasteiger partial charge in [0.1, 0.15) is 12.2 Å². The zero-order valence-corrected chi connectivity index (χ0v) is 9.79. The fourth-order valence-electron chi connectivity index (χ4n) is 1.78. The average molecular weight is 254 g/mol. The molecule has 0 bridgehead atoms. The highest BCUT2D eigenvalue weighted by Crippen LogP contribution is 2.23. The number of hydrogen-bond acceptors (Lipinski definition) is 6. The van der Waals surface area contributed by atoms with E-state index in [0.717, 1.165) is 0 Å². The minimum Gasteiger partial charge on any atom is -0.462 e. The predicted molar refractivity (Wildman–Crippen MR) is 57.8 cm³/mol. The zero-order chi connectivity index (χ0) is 13.5. The second kappa shape index (κ2) is 6.98. The molecular weight excluding hydrogens is 240 g/mol. The van der Waals surface area contributed by atoms with Gasteiger partial charge in [0.2, 0.25) is 0 Å². The summed E-state index contributed by atoms with van der Waals surface area (Å²) in [5.41, 5.74) is 0. The molecule has 0 amide bonds. The minimum atomic E-state index is -1.02. The van der Waals surface area contributed by atoms with Gasteiger partial charge < -0.3 is 14.2 Å². The molecule has 1 aliphatic rings. The van der Waals surface area contributed by atoms with E-state index in [1.807, 2.05) is 0 Å². The van der Waals surface area contributed by atoms with E-state index in [-0.39, 0.29) is 12.2 Å². The maximum atomic E-state index is 11.2. The largest absolute Gasteiger partial charge is 0.462 e. The van der Waals surface area contributed by atoms with E-state index < -0.39 is 24.5 Å². The maximum Gasteiger partial charge on any atom is 0.344 e. The van der Waals surface area contributed by atoms with Crippen LogP contribution in [0.5, 0.6) is 0 Å². The first-order chi connectivity index (χ1) is 8.47. The van der Waals surface area contributed by atoms with Crippen molar-refractivity contribution in [2.75, 3.05) is 6.61 Å². The van der Waals surface area contributed by atoms with Gasteiger partial charge in [-0.1, -0.05) is 0 Å². The summed E-state index contributed by atoms with van der Waals surface area (Å²) in [4.78, 5) is 32.0. The van der Waals surface area contributed by atoms with E-state index in [4.69, 9.17) is 23.3 Å². The van der Waals surface area contributed by atoms with E-state index in [1.54, 1.807) is 0 Å². The molecular formula is C12H14O6. The maximum absolute atomic E-state index is 11.2. The lowest BCUT2D eigenvalue weighted by atomic mass is 9.95. The Kier molecular flexibility index (Phi) is 5.61. The summed E-state index contributed by atoms with van der Waals surface area (Å²) >= 11 is 0. The van der Waals surface area contributed by atoms with E-state index in [1.165, 1.54) is 0 Å². The van der Waals surface area contributed by atoms with Gasteiger partial charge >= 0.3 is 17.9 Å². The molecule has 6 heteroatoms. The Morgan fingerprint density at radius 1 is 0.889 bits per heavy atom. The summed E-state index contributed by atoms with van der Waals surface area (Å²) < 4.78 is 14.2. The minimum absolute atomic E-state index is 0.223. The van der Waals surface area contributed by atoms with Crippen molar-refractivity contribution in [3.63, 3.8) is 0 Å². The third-order valence-corrected chi connectivity index (χ3v) is 2.53. The van der Waals surface area contributed by atoms with Crippen LogP contribution in [0.1, 0.15) is 25.7 Å². The molecule has 4 radical (unpaired) electrons. The van der Waals surface area contributed by atoms with E-state index in [9.17, 15) is 14.4 Å². The smallest absolute Gasteiger partial charge is 0.344 e. The van der Waals surface area contributed by atoms with Crippen molar-refractivity contribution in [3.05, 3.63) is 13.8 Å². The molecule has 1 saturated carbocycles. The summed E-state index contributed by atoms with van der Waals surface area (Å²) in [5.74, 6) is -2.47. The standard InChI is InChI=1S/C12H14O6/c1-8(13)16-7-12(15)18-11-5-3-10(4-6-11)17-9(2)14/h1-2,10-11H,3-7H2. The fourth-order valence-corrected chi connectivity index (χ4v) is 1.78. The summed E-state index contributed by atoms with van der Waals surface area (Å²) in [5, 5.41) is 0. The van der Waals surface area contributed by atoms with Gasteiger partial charge in [0, 0.05) is 0 Å². The van der Waals surface area contributed by atoms with Crippen LogP contribution >= 0.6 is 0 Å². The molecule has 98 valence electrons. The zero-order valence-electron chi connectivity index (χ0n) is 9.79. The Hall–Kier alpha value is -1.59. The molecule has 1 aliphatic carbocycles. The summed E-state index contributed by atoms with van der Waals surface area (Å²) in [6, 6.07) is 0. The topological polar surface area (TPSA) is 78.9 Å². The van der Waals surface area contributed by atoms with Crippen molar-refractivity contribution in [3.8, 4) is 0 Å². The van der Waals surface area contributed by atoms with Gasteiger partial charge in [-0.15, -0.1) is 0 Å². The van der Waals surface area contributed by atoms with Crippen LogP contribution in [-0.4, -0.2) is 36.7 Å². The molecule has 1 rings (SSSR count). The lowest BCUT2D eigenvalue weighted by Crippen LogP contribution is -2.30. The normalized spacial score (nSPS) is 23.0. The Balaban J connectivity index is 2.20. The van der Waals surface area contributed by atoms with Gasteiger partial charge in [-0.2, -0.15) is 0 Å². The van der Waals surface area contributed by atoms with Gasteiger partial charge in [-0.05, 0) is 25.7 Å². The first-order valence-corrected chi connectivity index (χ1v) is 5.55. The predicted octanol–water partition coefficient (Wildman–Crippen LogP) is 0.349. The van der Waals surface area contributed by atoms with Gasteiger partial charge in [0.15, 0.2) is 6.61 Å². The van der Waals surface area contributed by atoms with Crippen molar-refractivity contribution in [1.82, 2.24) is 0 Å². The highest BCUT2D eigenvalue weighted by atomic mass is 16.6. The van der Waals surface area contributed by atoms with Crippen molar-refractivity contribution >= 4 is 17.9 Å². The van der Waals surface area contributed by atoms with Crippen molar-refractivity contribution < 1.29 is 28.6 Å². The molecule has 0 spiro atoms. The van der Waals surface area contributed by atoms with Crippen LogP contribution in [0, 0.1) is 13.8 Å². The van der Waals surface area contributed by atoms with Crippen LogP contribution in [0.4, 0.5) is 0 Å². The summed E-state index contributed by atoms with van der Waals surface area (Å²) in [6.07, 6.45) is 1.82. The van der Waals surface area contributed by atoms with Crippen LogP contribution in [-0.2, 0) is 28.6 Å². The third kappa shape index (κ3) is 5.65. The van der Waals surface area contributed by atoms with Gasteiger partial charge in [-0.25, -0.2) is 4.79 Å². The molecule has 0 saturated heterocycles. The number of carbonyl (C=O) groups excluding carboxylic acids is 3. The summed E-state index contributed by atoms with van der Waals surface area (Å²) in [7, 11) is 0. The number of hydrogen-bond donors (Lipinski definition) is 0. The molecule has 6 nitrogen and oxygen atoms in total. The first-order valence-electron chi connectivity index (χ1n) is 5.55. The first kappa shape index (κ1) is 14.5. The second-order valence-corrected chi connectivity index (χ2v) is 3.93. The number of carbonyl (C=O) groups is 3. The SMILES string of the molecule is [CH]C(=O)OCC(=O)OC1CCC(OC([CH])=O)CC1. The quantitative estimate of drug-likeness (QED) is 0.532. The number of esters is 3. The van der Waals surface area contributed by atoms with Crippen LogP contribution < -0.4 is 0 Å². The molecule has 1 fully saturated rings. The molecule has 0 aromatic carbocycles. The molecule has 0 aliphatic heterocycles. The van der Waals surface area contributed by atoms with Crippen LogP contribution in [0.3, 0.4) is 0 Å². The Labute approximate surface area is 106 Å². The number of rotatable bonds is 4. The van der Waals surface area contributed by atoms with E-state index in [2.05, 4.69) is 4.74 Å². The average Bonchev–Trinajstić information content (AvgIpc) is 2.28. The molecule has 0 aromatic rings. The van der Waals surface area contributed by atoms with E-state index in [0.29, 0.717) is 25.7 Å². The molecule has 0 N–H and O–H groups in total. The second-order valence-electron chi connectivity index (χ2n) is 3.93. The monoisotopic (exact) mass is 254 g/mol. The van der Waals surface area contributed by atoms with Crippen LogP contribution in [0.15, 0.2) is 0 Å². The lowest BCUT2D eigenvalue weighted by Gasteiger charge is -2.27. The number of ether oxygens (including phenoxy) is 3. The fraction of sp³-hybridized carbons (Fsp3) is 0.583. The summed E-state index contributed by atoms with van der Waals surface area (Å²) in [6.45, 7) is 9.12. The van der Waals surface area contributed by atoms with Gasteiger partial charge in [0.05, 0.1) is 13.8 Å². The molecule has 0 unspecified atom stereocenters. The highest BCUT2D eigenvalue weighted by molar-refractivity contribution is 5.78. The Morgan fingerprint density at radius 2 is 1.39 bits per heavy atom. The highest BCUT2D eigenvalue weighted by Gasteiger charge is 2.25. The van der Waals surface area contributed by atoms with Crippen molar-refractivity contribution in [2.24, 2.45) is 0 Å². The molecule has 0 aromatic heterocycles. The Morgan fingerprint density at radius 3 is 1.83 bits per heavy atom. The molecule has 0 atom stereocenters. The molecule has 0 heterocycles. The lowest BCUT2D eigenvalue weighted by molar-refractivity contribution is -0.163. The van der Waals surface area contributed by atoms with Crippen molar-refractivity contribution in [1.29, 1.82) is 0 Å². The van der Waals surface area contributed by atoms with Gasteiger partial charge in [0.25, 0.3) is 0 Å². The Bertz CT molecular complexity index is 317. The third-order valence-electron chi connectivity index (χ3n) is 2.53. The van der Waals surface area contributed by atoms with E-state index >= 15 is 0 Å². The molecule has 18 heavy (non-hydrogen) atoms. The van der Waals surface area contributed by atoms with Gasteiger partial charge in [-0.3, -0.25) is 9.59 Å². The van der Waals surface area contributed by atoms with Crippen LogP contribution in [0.2, 0.25) is 0 Å².